The molecule has 0 unspecified atom stereocenters. The molecule has 0 saturated carbocycles. The Balaban J connectivity index is 1.53. The molecule has 0 aliphatic heterocycles. The largest absolute Gasteiger partial charge is 0.416 e. The Morgan fingerprint density at radius 1 is 0.838 bits per heavy atom. The molecule has 5 rings (SSSR count). The van der Waals surface area contributed by atoms with Crippen molar-refractivity contribution in [3.05, 3.63) is 81.0 Å². The molecule has 37 heavy (non-hydrogen) atoms. The number of halogens is 7. The number of hydrogen-bond acceptors (Lipinski definition) is 6. The molecule has 0 atom stereocenters. The van der Waals surface area contributed by atoms with Crippen LogP contribution < -0.4 is 0 Å². The Morgan fingerprint density at radius 3 is 2.11 bits per heavy atom. The van der Waals surface area contributed by atoms with E-state index >= 15 is 0 Å². The van der Waals surface area contributed by atoms with Gasteiger partial charge in [-0.3, -0.25) is 4.57 Å². The third kappa shape index (κ3) is 5.61. The summed E-state index contributed by atoms with van der Waals surface area (Å²) in [6.07, 6.45) is -9.88. The zero-order chi connectivity index (χ0) is 26.4. The van der Waals surface area contributed by atoms with Crippen molar-refractivity contribution in [3.63, 3.8) is 0 Å². The summed E-state index contributed by atoms with van der Waals surface area (Å²) in [7, 11) is 0. The molecule has 0 spiro atoms. The summed E-state index contributed by atoms with van der Waals surface area (Å²) in [5.74, 6) is 0.587. The summed E-state index contributed by atoms with van der Waals surface area (Å²) in [5.41, 5.74) is -2.30. The minimum atomic E-state index is -4.94. The molecule has 4 nitrogen and oxygen atoms in total. The van der Waals surface area contributed by atoms with E-state index in [1.165, 1.54) is 16.7 Å². The molecule has 190 valence electrons. The molecule has 0 aliphatic carbocycles. The Bertz CT molecular complexity index is 1510. The average molecular weight is 633 g/mol. The van der Waals surface area contributed by atoms with Gasteiger partial charge in [-0.25, -0.2) is 4.98 Å². The topological polar surface area (TPSA) is 43.6 Å². The van der Waals surface area contributed by atoms with Crippen molar-refractivity contribution in [2.75, 3.05) is 0 Å². The van der Waals surface area contributed by atoms with Gasteiger partial charge in [-0.2, -0.15) is 26.3 Å². The molecule has 0 aliphatic rings. The van der Waals surface area contributed by atoms with Crippen molar-refractivity contribution >= 4 is 50.4 Å². The van der Waals surface area contributed by atoms with Crippen molar-refractivity contribution in [2.24, 2.45) is 0 Å². The van der Waals surface area contributed by atoms with Gasteiger partial charge in [0.15, 0.2) is 10.2 Å². The highest BCUT2D eigenvalue weighted by atomic mass is 79.9. The monoisotopic (exact) mass is 632 g/mol. The lowest BCUT2D eigenvalue weighted by Gasteiger charge is -2.13. The Hall–Kier alpha value is -2.68. The number of nitrogens with zero attached hydrogens (tertiary/aromatic N) is 4. The Labute approximate surface area is 226 Å². The molecular weight excluding hydrogens is 622 g/mol. The second-order valence-corrected chi connectivity index (χ2v) is 11.4. The predicted octanol–water partition coefficient (Wildman–Crippen LogP) is 9.07. The van der Waals surface area contributed by atoms with Gasteiger partial charge in [-0.15, -0.1) is 32.9 Å². The van der Waals surface area contributed by atoms with Crippen LogP contribution in [0.4, 0.5) is 26.3 Å². The van der Waals surface area contributed by atoms with Crippen LogP contribution in [0.2, 0.25) is 0 Å². The summed E-state index contributed by atoms with van der Waals surface area (Å²) in [5, 5.41) is 12.3. The van der Waals surface area contributed by atoms with Crippen molar-refractivity contribution in [3.8, 4) is 27.6 Å². The molecule has 5 aromatic rings. The van der Waals surface area contributed by atoms with Gasteiger partial charge < -0.3 is 0 Å². The number of hydrogen-bond donors (Lipinski definition) is 0. The number of thiazole rings is 1. The normalized spacial score (nSPS) is 12.3. The fourth-order valence-electron chi connectivity index (χ4n) is 3.34. The second-order valence-electron chi connectivity index (χ2n) is 7.49. The van der Waals surface area contributed by atoms with Gasteiger partial charge in [-0.05, 0) is 65.7 Å². The van der Waals surface area contributed by atoms with Crippen LogP contribution in [0, 0.1) is 0 Å². The molecule has 2 aromatic carbocycles. The molecule has 0 amide bonds. The van der Waals surface area contributed by atoms with E-state index in [0.29, 0.717) is 27.5 Å². The van der Waals surface area contributed by atoms with Crippen LogP contribution in [0.5, 0.6) is 0 Å². The van der Waals surface area contributed by atoms with Crippen LogP contribution in [0.1, 0.15) is 11.1 Å². The lowest BCUT2D eigenvalue weighted by Crippen LogP contribution is -2.11. The van der Waals surface area contributed by atoms with Crippen molar-refractivity contribution in [2.45, 2.75) is 21.8 Å². The van der Waals surface area contributed by atoms with Gasteiger partial charge in [0.2, 0.25) is 5.16 Å². The molecule has 0 radical (unpaired) electrons. The maximum absolute atomic E-state index is 13.3. The van der Waals surface area contributed by atoms with Crippen molar-refractivity contribution < 1.29 is 26.3 Å². The molecule has 3 heterocycles. The number of aromatic nitrogens is 4. The molecule has 0 fully saturated rings. The van der Waals surface area contributed by atoms with Crippen LogP contribution in [0.3, 0.4) is 0 Å². The smallest absolute Gasteiger partial charge is 0.269 e. The molecule has 0 bridgehead atoms. The Morgan fingerprint density at radius 2 is 1.51 bits per heavy atom. The minimum Gasteiger partial charge on any atom is -0.269 e. The van der Waals surface area contributed by atoms with E-state index in [4.69, 9.17) is 0 Å². The molecule has 3 aromatic heterocycles. The first-order valence-electron chi connectivity index (χ1n) is 10.2. The molecule has 0 N–H and O–H groups in total. The van der Waals surface area contributed by atoms with E-state index in [9.17, 15) is 26.3 Å². The van der Waals surface area contributed by atoms with Gasteiger partial charge in [0.05, 0.1) is 21.7 Å². The summed E-state index contributed by atoms with van der Waals surface area (Å²) >= 11 is 7.08. The van der Waals surface area contributed by atoms with Crippen LogP contribution in [0.25, 0.3) is 27.6 Å². The van der Waals surface area contributed by atoms with E-state index < -0.39 is 23.5 Å². The number of benzene rings is 2. The highest BCUT2D eigenvalue weighted by Gasteiger charge is 2.37. The lowest BCUT2D eigenvalue weighted by atomic mass is 10.0. The number of rotatable bonds is 5. The minimum absolute atomic E-state index is 0.00251. The van der Waals surface area contributed by atoms with Crippen LogP contribution >= 0.6 is 50.4 Å². The maximum atomic E-state index is 13.3. The number of thiophene rings is 1. The first kappa shape index (κ1) is 25.9. The number of alkyl halides is 6. The van der Waals surface area contributed by atoms with E-state index in [0.717, 1.165) is 38.1 Å². The van der Waals surface area contributed by atoms with Gasteiger partial charge in [0.1, 0.15) is 0 Å². The van der Waals surface area contributed by atoms with E-state index in [2.05, 4.69) is 31.1 Å². The highest BCUT2D eigenvalue weighted by molar-refractivity contribution is 9.10. The van der Waals surface area contributed by atoms with E-state index in [-0.39, 0.29) is 17.3 Å². The van der Waals surface area contributed by atoms with E-state index in [1.54, 1.807) is 0 Å². The molecule has 0 saturated heterocycles. The third-order valence-corrected chi connectivity index (χ3v) is 8.28. The summed E-state index contributed by atoms with van der Waals surface area (Å²) in [6, 6.07) is 12.6. The first-order chi connectivity index (χ1) is 17.5. The SMILES string of the molecule is FC(F)(F)c1cc(-c2csc(Sc3nnc(-c4cccs4)n3-c3ccc(Br)cc3)n2)cc(C(F)(F)F)c1. The standard InChI is InChI=1S/C23H11BrF6N4S3/c24-15-3-5-16(6-4-15)34-19(18-2-1-7-35-18)32-33-20(34)37-21-31-17(11-36-21)12-8-13(22(25,26)27)10-14(9-12)23(28,29)30/h1-11H. The summed E-state index contributed by atoms with van der Waals surface area (Å²) in [6.45, 7) is 0. The zero-order valence-electron chi connectivity index (χ0n) is 18.0. The zero-order valence-corrected chi connectivity index (χ0v) is 22.0. The van der Waals surface area contributed by atoms with Crippen molar-refractivity contribution in [1.82, 2.24) is 19.7 Å². The van der Waals surface area contributed by atoms with Crippen molar-refractivity contribution in [1.29, 1.82) is 0 Å². The second kappa shape index (κ2) is 9.89. The fraction of sp³-hybridized carbons (Fsp3) is 0.0870. The summed E-state index contributed by atoms with van der Waals surface area (Å²) < 4.78 is 82.8. The first-order valence-corrected chi connectivity index (χ1v) is 13.5. The van der Waals surface area contributed by atoms with Gasteiger partial charge in [0, 0.05) is 21.1 Å². The van der Waals surface area contributed by atoms with Crippen LogP contribution in [-0.4, -0.2) is 19.7 Å². The van der Waals surface area contributed by atoms with Gasteiger partial charge in [0.25, 0.3) is 0 Å². The average Bonchev–Trinajstić information content (AvgIpc) is 3.60. The van der Waals surface area contributed by atoms with E-state index in [1.807, 2.05) is 46.3 Å². The maximum Gasteiger partial charge on any atom is 0.416 e. The fourth-order valence-corrected chi connectivity index (χ4v) is 6.08. The quantitative estimate of drug-likeness (QED) is 0.181. The van der Waals surface area contributed by atoms with Crippen LogP contribution in [0.15, 0.2) is 79.3 Å². The van der Waals surface area contributed by atoms with Gasteiger partial charge >= 0.3 is 12.4 Å². The molecular formula is C23H11BrF6N4S3. The lowest BCUT2D eigenvalue weighted by molar-refractivity contribution is -0.143. The predicted molar refractivity (Wildman–Crippen MR) is 134 cm³/mol. The summed E-state index contributed by atoms with van der Waals surface area (Å²) in [4.78, 5) is 5.17. The van der Waals surface area contributed by atoms with Crippen LogP contribution in [-0.2, 0) is 12.4 Å². The molecule has 14 heteroatoms. The highest BCUT2D eigenvalue weighted by Crippen LogP contribution is 2.41. The van der Waals surface area contributed by atoms with Gasteiger partial charge in [-0.1, -0.05) is 22.0 Å². The Kier molecular flexibility index (Phi) is 6.94. The third-order valence-electron chi connectivity index (χ3n) is 5.00.